The van der Waals surface area contributed by atoms with Crippen LogP contribution in [0.5, 0.6) is 0 Å². The minimum Gasteiger partial charge on any atom is -0.448 e. The summed E-state index contributed by atoms with van der Waals surface area (Å²) >= 11 is 5.43. The fourth-order valence-electron chi connectivity index (χ4n) is 2.40. The molecule has 126 valence electrons. The fraction of sp³-hybridized carbons (Fsp3) is 0.500. The predicted octanol–water partition coefficient (Wildman–Crippen LogP) is 2.79. The summed E-state index contributed by atoms with van der Waals surface area (Å²) in [5.74, 6) is -0.405. The number of benzene rings is 1. The number of rotatable bonds is 3. The Morgan fingerprint density at radius 2 is 2.13 bits per heavy atom. The first-order valence-electron chi connectivity index (χ1n) is 7.37. The maximum atomic E-state index is 12.0. The van der Waals surface area contributed by atoms with Crippen molar-refractivity contribution in [1.82, 2.24) is 5.32 Å². The third-order valence-corrected chi connectivity index (χ3v) is 3.45. The summed E-state index contributed by atoms with van der Waals surface area (Å²) in [5, 5.41) is 5.85. The number of carbonyl (C=O) groups excluding carboxylic acids is 2. The molecular weight excluding hydrogens is 320 g/mol. The van der Waals surface area contributed by atoms with E-state index in [0.717, 1.165) is 11.1 Å². The Bertz CT molecular complexity index is 598. The highest BCUT2D eigenvalue weighted by Crippen LogP contribution is 2.26. The van der Waals surface area contributed by atoms with Crippen LogP contribution in [0, 0.1) is 0 Å². The molecule has 1 amide bonds. The highest BCUT2D eigenvalue weighted by atomic mass is 35.5. The van der Waals surface area contributed by atoms with Gasteiger partial charge in [0, 0.05) is 18.7 Å². The van der Waals surface area contributed by atoms with Gasteiger partial charge in [-0.3, -0.25) is 10.1 Å². The summed E-state index contributed by atoms with van der Waals surface area (Å²) in [5.41, 5.74) is 1.98. The minimum absolute atomic E-state index is 0.179. The van der Waals surface area contributed by atoms with E-state index >= 15 is 0 Å². The van der Waals surface area contributed by atoms with Crippen molar-refractivity contribution in [3.8, 4) is 0 Å². The summed E-state index contributed by atoms with van der Waals surface area (Å²) in [7, 11) is 0. The van der Waals surface area contributed by atoms with Crippen LogP contribution in [-0.4, -0.2) is 29.8 Å². The van der Waals surface area contributed by atoms with Gasteiger partial charge in [0.15, 0.2) is 6.07 Å². The molecule has 2 rings (SSSR count). The highest BCUT2D eigenvalue weighted by Gasteiger charge is 2.27. The molecule has 0 bridgehead atoms. The number of hydrogen-bond acceptors (Lipinski definition) is 5. The molecule has 0 saturated carbocycles. The summed E-state index contributed by atoms with van der Waals surface area (Å²) in [4.78, 5) is 23.8. The van der Waals surface area contributed by atoms with Crippen molar-refractivity contribution >= 4 is 29.4 Å². The summed E-state index contributed by atoms with van der Waals surface area (Å²) in [6.07, 6.45) is -0.110. The minimum atomic E-state index is -0.576. The molecule has 1 aromatic rings. The number of hydrogen-bond donors (Lipinski definition) is 2. The van der Waals surface area contributed by atoms with Crippen molar-refractivity contribution in [2.24, 2.45) is 0 Å². The van der Waals surface area contributed by atoms with Crippen LogP contribution in [0.2, 0.25) is 0 Å². The van der Waals surface area contributed by atoms with E-state index < -0.39 is 23.7 Å². The molecule has 6 nitrogen and oxygen atoms in total. The lowest BCUT2D eigenvalue weighted by molar-refractivity contribution is -0.144. The van der Waals surface area contributed by atoms with Gasteiger partial charge in [-0.25, -0.2) is 4.79 Å². The van der Waals surface area contributed by atoms with Gasteiger partial charge in [-0.15, -0.1) is 0 Å². The van der Waals surface area contributed by atoms with Crippen LogP contribution < -0.4 is 10.6 Å². The first-order valence-corrected chi connectivity index (χ1v) is 7.90. The average molecular weight is 341 g/mol. The molecule has 7 heteroatoms. The van der Waals surface area contributed by atoms with Crippen LogP contribution in [0.15, 0.2) is 18.2 Å². The van der Waals surface area contributed by atoms with E-state index in [9.17, 15) is 9.59 Å². The van der Waals surface area contributed by atoms with Gasteiger partial charge in [0.2, 0.25) is 0 Å². The lowest BCUT2D eigenvalue weighted by Gasteiger charge is -2.27. The van der Waals surface area contributed by atoms with Crippen LogP contribution in [0.1, 0.15) is 31.9 Å². The number of fused-ring (bicyclic) bond motifs is 1. The molecule has 1 atom stereocenters. The van der Waals surface area contributed by atoms with E-state index in [-0.39, 0.29) is 6.07 Å². The zero-order valence-corrected chi connectivity index (χ0v) is 14.2. The van der Waals surface area contributed by atoms with E-state index in [1.165, 1.54) is 0 Å². The predicted molar refractivity (Wildman–Crippen MR) is 87.4 cm³/mol. The molecule has 23 heavy (non-hydrogen) atoms. The number of nitrogens with one attached hydrogen (secondary N) is 2. The van der Waals surface area contributed by atoms with E-state index in [1.807, 2.05) is 12.1 Å². The Kier molecular flexibility index (Phi) is 5.49. The van der Waals surface area contributed by atoms with Crippen molar-refractivity contribution in [2.45, 2.75) is 45.4 Å². The molecule has 1 aliphatic heterocycles. The first-order chi connectivity index (χ1) is 10.8. The second-order valence-electron chi connectivity index (χ2n) is 6.28. The zero-order valence-electron chi connectivity index (χ0n) is 13.4. The lowest BCUT2D eigenvalue weighted by atomic mass is 9.94. The van der Waals surface area contributed by atoms with E-state index in [0.29, 0.717) is 18.7 Å². The number of esters is 1. The molecule has 0 radical (unpaired) electrons. The molecule has 0 aromatic heterocycles. The van der Waals surface area contributed by atoms with Gasteiger partial charge in [0.05, 0.1) is 0 Å². The van der Waals surface area contributed by atoms with Crippen LogP contribution in [0.25, 0.3) is 0 Å². The average Bonchev–Trinajstić information content (AvgIpc) is 2.45. The molecule has 2 N–H and O–H groups in total. The Labute approximate surface area is 140 Å². The summed E-state index contributed by atoms with van der Waals surface area (Å²) in [6, 6.07) is 4.93. The van der Waals surface area contributed by atoms with Crippen molar-refractivity contribution in [3.05, 3.63) is 29.3 Å². The Hall–Kier alpha value is -1.79. The number of amides is 1. The van der Waals surface area contributed by atoms with Crippen molar-refractivity contribution in [2.75, 3.05) is 11.4 Å². The topological polar surface area (TPSA) is 76.7 Å². The zero-order chi connectivity index (χ0) is 17.0. The van der Waals surface area contributed by atoms with Crippen molar-refractivity contribution < 1.29 is 19.1 Å². The number of halogens is 1. The Balaban J connectivity index is 2.15. The SMILES string of the molecule is CC(C)(C)OC(=O)Nc1cccc2c1CC(C(=O)OCCl)NC2. The molecule has 0 fully saturated rings. The second-order valence-corrected chi connectivity index (χ2v) is 6.50. The summed E-state index contributed by atoms with van der Waals surface area (Å²) in [6.45, 7) is 5.92. The van der Waals surface area contributed by atoms with Gasteiger partial charge in [-0.1, -0.05) is 23.7 Å². The highest BCUT2D eigenvalue weighted by molar-refractivity contribution is 6.17. The van der Waals surface area contributed by atoms with Gasteiger partial charge in [0.25, 0.3) is 0 Å². The smallest absolute Gasteiger partial charge is 0.412 e. The third-order valence-electron chi connectivity index (χ3n) is 3.34. The van der Waals surface area contributed by atoms with Gasteiger partial charge in [-0.2, -0.15) is 0 Å². The quantitative estimate of drug-likeness (QED) is 0.653. The van der Waals surface area contributed by atoms with Crippen molar-refractivity contribution in [3.63, 3.8) is 0 Å². The number of ether oxygens (including phenoxy) is 2. The van der Waals surface area contributed by atoms with Crippen LogP contribution >= 0.6 is 11.6 Å². The molecule has 1 aromatic carbocycles. The van der Waals surface area contributed by atoms with Crippen LogP contribution in [0.3, 0.4) is 0 Å². The molecular formula is C16H21ClN2O4. The van der Waals surface area contributed by atoms with Crippen LogP contribution in [0.4, 0.5) is 10.5 Å². The molecule has 0 saturated heterocycles. The summed E-state index contributed by atoms with van der Waals surface area (Å²) < 4.78 is 10.1. The monoisotopic (exact) mass is 340 g/mol. The molecule has 1 unspecified atom stereocenters. The largest absolute Gasteiger partial charge is 0.448 e. The first kappa shape index (κ1) is 17.6. The maximum Gasteiger partial charge on any atom is 0.412 e. The standard InChI is InChI=1S/C16H21ClN2O4/c1-16(2,3)23-15(21)19-12-6-4-5-10-8-18-13(7-11(10)12)14(20)22-9-17/h4-6,13,18H,7-9H2,1-3H3,(H,19,21). The van der Waals surface area contributed by atoms with Gasteiger partial charge in [0.1, 0.15) is 11.6 Å². The number of carbonyl (C=O) groups is 2. The molecule has 1 aliphatic rings. The maximum absolute atomic E-state index is 12.0. The second kappa shape index (κ2) is 7.19. The third kappa shape index (κ3) is 4.84. The van der Waals surface area contributed by atoms with E-state index in [2.05, 4.69) is 10.6 Å². The van der Waals surface area contributed by atoms with Gasteiger partial charge in [-0.05, 0) is 38.0 Å². The molecule has 0 spiro atoms. The van der Waals surface area contributed by atoms with E-state index in [1.54, 1.807) is 26.8 Å². The number of anilines is 1. The van der Waals surface area contributed by atoms with Crippen LogP contribution in [-0.2, 0) is 27.2 Å². The lowest BCUT2D eigenvalue weighted by Crippen LogP contribution is -2.43. The van der Waals surface area contributed by atoms with Gasteiger partial charge < -0.3 is 14.8 Å². The fourth-order valence-corrected chi connectivity index (χ4v) is 2.51. The van der Waals surface area contributed by atoms with E-state index in [4.69, 9.17) is 21.1 Å². The Morgan fingerprint density at radius 1 is 1.39 bits per heavy atom. The Morgan fingerprint density at radius 3 is 2.78 bits per heavy atom. The van der Waals surface area contributed by atoms with Crippen molar-refractivity contribution in [1.29, 1.82) is 0 Å². The molecule has 0 aliphatic carbocycles. The number of alkyl halides is 1. The molecule has 1 heterocycles. The normalized spacial score (nSPS) is 17.1. The van der Waals surface area contributed by atoms with Gasteiger partial charge >= 0.3 is 12.1 Å².